The van der Waals surface area contributed by atoms with Crippen LogP contribution in [-0.2, 0) is 23.9 Å². The Kier molecular flexibility index (Phi) is 4.25. The van der Waals surface area contributed by atoms with Crippen molar-refractivity contribution >= 4 is 5.91 Å². The molecule has 0 saturated carbocycles. The third kappa shape index (κ3) is 3.10. The first-order valence-electron chi connectivity index (χ1n) is 7.56. The molecule has 0 spiro atoms. The summed E-state index contributed by atoms with van der Waals surface area (Å²) in [4.78, 5) is 18.0. The summed E-state index contributed by atoms with van der Waals surface area (Å²) in [6.07, 6.45) is -0.383. The maximum atomic E-state index is 12.9. The maximum Gasteiger partial charge on any atom is 0.451 e. The van der Waals surface area contributed by atoms with E-state index in [1.165, 1.54) is 0 Å². The molecular weight excluding hydrogens is 323 g/mol. The lowest BCUT2D eigenvalue weighted by molar-refractivity contribution is -0.148. The van der Waals surface area contributed by atoms with E-state index in [2.05, 4.69) is 15.2 Å². The van der Waals surface area contributed by atoms with Crippen LogP contribution in [-0.4, -0.2) is 37.1 Å². The minimum atomic E-state index is -4.54. The summed E-state index contributed by atoms with van der Waals surface area (Å²) in [5.41, 5.74) is 0.943. The van der Waals surface area contributed by atoms with Crippen molar-refractivity contribution in [3.8, 4) is 0 Å². The van der Waals surface area contributed by atoms with Crippen LogP contribution in [0, 0.1) is 0 Å². The van der Waals surface area contributed by atoms with Crippen LogP contribution in [0.5, 0.6) is 0 Å². The van der Waals surface area contributed by atoms with Gasteiger partial charge in [0.25, 0.3) is 0 Å². The number of hydrogen-bond acceptors (Lipinski definition) is 4. The fraction of sp³-hybridized carbons (Fsp3) is 0.467. The third-order valence-corrected chi connectivity index (χ3v) is 4.11. The predicted octanol–water partition coefficient (Wildman–Crippen LogP) is 2.23. The SMILES string of the molecule is CC1c2nnc(C(F)(F)F)n2CCN1C(=O)CCc1cccnc1. The van der Waals surface area contributed by atoms with Crippen molar-refractivity contribution in [3.05, 3.63) is 41.7 Å². The molecule has 0 aromatic carbocycles. The number of carbonyl (C=O) groups excluding carboxylic acids is 1. The molecule has 0 aliphatic carbocycles. The zero-order chi connectivity index (χ0) is 17.3. The molecular formula is C15H16F3N5O. The molecule has 0 radical (unpaired) electrons. The highest BCUT2D eigenvalue weighted by atomic mass is 19.4. The second kappa shape index (κ2) is 6.21. The van der Waals surface area contributed by atoms with E-state index in [0.29, 0.717) is 6.42 Å². The van der Waals surface area contributed by atoms with Gasteiger partial charge in [0.05, 0.1) is 6.04 Å². The van der Waals surface area contributed by atoms with E-state index >= 15 is 0 Å². The monoisotopic (exact) mass is 339 g/mol. The van der Waals surface area contributed by atoms with Crippen molar-refractivity contribution in [2.75, 3.05) is 6.54 Å². The molecule has 6 nitrogen and oxygen atoms in total. The highest BCUT2D eigenvalue weighted by Gasteiger charge is 2.41. The second-order valence-electron chi connectivity index (χ2n) is 5.66. The molecule has 3 rings (SSSR count). The summed E-state index contributed by atoms with van der Waals surface area (Å²) < 4.78 is 39.7. The summed E-state index contributed by atoms with van der Waals surface area (Å²) in [7, 11) is 0. The molecule has 1 aliphatic rings. The Morgan fingerprint density at radius 3 is 2.79 bits per heavy atom. The molecule has 24 heavy (non-hydrogen) atoms. The van der Waals surface area contributed by atoms with Crippen molar-refractivity contribution < 1.29 is 18.0 Å². The number of carbonyl (C=O) groups is 1. The first-order valence-corrected chi connectivity index (χ1v) is 7.56. The van der Waals surface area contributed by atoms with Gasteiger partial charge in [0.15, 0.2) is 5.82 Å². The van der Waals surface area contributed by atoms with Crippen molar-refractivity contribution in [1.82, 2.24) is 24.6 Å². The Balaban J connectivity index is 1.71. The number of halogens is 3. The molecule has 1 amide bonds. The highest BCUT2D eigenvalue weighted by molar-refractivity contribution is 5.77. The average Bonchev–Trinajstić information content (AvgIpc) is 2.99. The molecule has 0 fully saturated rings. The Bertz CT molecular complexity index is 728. The normalized spacial score (nSPS) is 17.7. The van der Waals surface area contributed by atoms with Crippen LogP contribution in [0.2, 0.25) is 0 Å². The maximum absolute atomic E-state index is 12.9. The highest BCUT2D eigenvalue weighted by Crippen LogP contribution is 2.32. The quantitative estimate of drug-likeness (QED) is 0.860. The number of amides is 1. The zero-order valence-corrected chi connectivity index (χ0v) is 13.0. The van der Waals surface area contributed by atoms with Crippen LogP contribution in [0.25, 0.3) is 0 Å². The topological polar surface area (TPSA) is 63.9 Å². The molecule has 2 aromatic heterocycles. The zero-order valence-electron chi connectivity index (χ0n) is 13.0. The molecule has 2 aromatic rings. The van der Waals surface area contributed by atoms with E-state index in [1.807, 2.05) is 6.07 Å². The standard InChI is InChI=1S/C15H16F3N5O/c1-10-13-20-21-14(15(16,17)18)23(13)8-7-22(10)12(24)5-4-11-3-2-6-19-9-11/h2-3,6,9-10H,4-5,7-8H2,1H3. The van der Waals surface area contributed by atoms with Crippen molar-refractivity contribution in [2.24, 2.45) is 0 Å². The number of fused-ring (bicyclic) bond motifs is 1. The van der Waals surface area contributed by atoms with Gasteiger partial charge in [-0.3, -0.25) is 9.78 Å². The molecule has 1 unspecified atom stereocenters. The number of aromatic nitrogens is 4. The number of hydrogen-bond donors (Lipinski definition) is 0. The predicted molar refractivity (Wildman–Crippen MR) is 77.7 cm³/mol. The number of aryl methyl sites for hydroxylation is 1. The van der Waals surface area contributed by atoms with Gasteiger partial charge >= 0.3 is 6.18 Å². The number of nitrogens with zero attached hydrogens (tertiary/aromatic N) is 5. The lowest BCUT2D eigenvalue weighted by Gasteiger charge is -2.34. The van der Waals surface area contributed by atoms with E-state index in [-0.39, 0.29) is 31.2 Å². The molecule has 128 valence electrons. The van der Waals surface area contributed by atoms with Gasteiger partial charge in [-0.1, -0.05) is 6.07 Å². The Morgan fingerprint density at radius 1 is 1.33 bits per heavy atom. The molecule has 0 N–H and O–H groups in total. The minimum absolute atomic E-state index is 0.0418. The smallest absolute Gasteiger partial charge is 0.331 e. The minimum Gasteiger partial charge on any atom is -0.331 e. The van der Waals surface area contributed by atoms with E-state index in [0.717, 1.165) is 10.1 Å². The summed E-state index contributed by atoms with van der Waals surface area (Å²) in [5.74, 6) is -0.954. The van der Waals surface area contributed by atoms with E-state index in [4.69, 9.17) is 0 Å². The first-order chi connectivity index (χ1) is 11.4. The largest absolute Gasteiger partial charge is 0.451 e. The van der Waals surface area contributed by atoms with Gasteiger partial charge in [-0.2, -0.15) is 13.2 Å². The number of pyridine rings is 1. The first kappa shape index (κ1) is 16.4. The Morgan fingerprint density at radius 2 is 2.12 bits per heavy atom. The van der Waals surface area contributed by atoms with Gasteiger partial charge in [-0.05, 0) is 25.0 Å². The third-order valence-electron chi connectivity index (χ3n) is 4.11. The lowest BCUT2D eigenvalue weighted by atomic mass is 10.1. The van der Waals surface area contributed by atoms with Crippen LogP contribution >= 0.6 is 0 Å². The van der Waals surface area contributed by atoms with Crippen LogP contribution < -0.4 is 0 Å². The fourth-order valence-electron chi connectivity index (χ4n) is 2.88. The van der Waals surface area contributed by atoms with Crippen LogP contribution in [0.3, 0.4) is 0 Å². The van der Waals surface area contributed by atoms with Crippen LogP contribution in [0.4, 0.5) is 13.2 Å². The van der Waals surface area contributed by atoms with Crippen LogP contribution in [0.1, 0.15) is 36.6 Å². The van der Waals surface area contributed by atoms with Crippen molar-refractivity contribution in [2.45, 2.75) is 38.5 Å². The van der Waals surface area contributed by atoms with Gasteiger partial charge in [-0.15, -0.1) is 10.2 Å². The average molecular weight is 339 g/mol. The molecule has 1 atom stereocenters. The fourth-order valence-corrected chi connectivity index (χ4v) is 2.88. The number of alkyl halides is 3. The summed E-state index contributed by atoms with van der Waals surface area (Å²) >= 11 is 0. The van der Waals surface area contributed by atoms with Crippen molar-refractivity contribution in [3.63, 3.8) is 0 Å². The van der Waals surface area contributed by atoms with Gasteiger partial charge in [0.1, 0.15) is 0 Å². The van der Waals surface area contributed by atoms with Gasteiger partial charge in [0.2, 0.25) is 11.7 Å². The van der Waals surface area contributed by atoms with E-state index in [9.17, 15) is 18.0 Å². The van der Waals surface area contributed by atoms with Crippen molar-refractivity contribution in [1.29, 1.82) is 0 Å². The van der Waals surface area contributed by atoms with Gasteiger partial charge in [0, 0.05) is 31.9 Å². The Hall–Kier alpha value is -2.45. The lowest BCUT2D eigenvalue weighted by Crippen LogP contribution is -2.42. The molecule has 1 aliphatic heterocycles. The molecule has 9 heteroatoms. The summed E-state index contributed by atoms with van der Waals surface area (Å²) in [5, 5.41) is 6.89. The van der Waals surface area contributed by atoms with E-state index in [1.54, 1.807) is 30.3 Å². The van der Waals surface area contributed by atoms with Gasteiger partial charge < -0.3 is 9.47 Å². The van der Waals surface area contributed by atoms with Crippen LogP contribution in [0.15, 0.2) is 24.5 Å². The van der Waals surface area contributed by atoms with E-state index < -0.39 is 18.0 Å². The second-order valence-corrected chi connectivity index (χ2v) is 5.66. The summed E-state index contributed by atoms with van der Waals surface area (Å²) in [6.45, 7) is 1.92. The molecule has 0 saturated heterocycles. The molecule has 3 heterocycles. The van der Waals surface area contributed by atoms with Gasteiger partial charge in [-0.25, -0.2) is 0 Å². The molecule has 0 bridgehead atoms. The summed E-state index contributed by atoms with van der Waals surface area (Å²) in [6, 6.07) is 3.14. The number of rotatable bonds is 3. The Labute approximate surface area is 136 Å².